The zero-order valence-electron chi connectivity index (χ0n) is 15.6. The molecule has 1 heterocycles. The van der Waals surface area contributed by atoms with Gasteiger partial charge in [0.05, 0.1) is 16.0 Å². The molecule has 1 aromatic heterocycles. The van der Waals surface area contributed by atoms with Crippen molar-refractivity contribution in [2.45, 2.75) is 25.7 Å². The van der Waals surface area contributed by atoms with Gasteiger partial charge in [0.1, 0.15) is 4.90 Å². The van der Waals surface area contributed by atoms with Gasteiger partial charge in [0.15, 0.2) is 8.68 Å². The molecule has 9 nitrogen and oxygen atoms in total. The molecule has 0 spiro atoms. The number of primary amides is 1. The quantitative estimate of drug-likeness (QED) is 0.505. The molecule has 2 rings (SSSR count). The first kappa shape index (κ1) is 23.9. The highest BCUT2D eigenvalue weighted by Crippen LogP contribution is 2.32. The lowest BCUT2D eigenvalue weighted by molar-refractivity contribution is -0.116. The number of hydrogen-bond donors (Lipinski definition) is 2. The van der Waals surface area contributed by atoms with Crippen molar-refractivity contribution in [3.05, 3.63) is 23.2 Å². The Morgan fingerprint density at radius 2 is 1.97 bits per heavy atom. The largest absolute Gasteiger partial charge is 0.369 e. The molecule has 2 amide bonds. The Hall–Kier alpha value is -1.38. The maximum atomic E-state index is 12.5. The van der Waals surface area contributed by atoms with Gasteiger partial charge in [0.2, 0.25) is 21.8 Å². The lowest BCUT2D eigenvalue weighted by Crippen LogP contribution is -2.24. The van der Waals surface area contributed by atoms with Crippen LogP contribution in [-0.4, -0.2) is 59.8 Å². The van der Waals surface area contributed by atoms with Gasteiger partial charge in [-0.25, -0.2) is 12.7 Å². The van der Waals surface area contributed by atoms with Crippen molar-refractivity contribution in [1.82, 2.24) is 14.5 Å². The van der Waals surface area contributed by atoms with E-state index in [4.69, 9.17) is 17.3 Å². The molecule has 2 aromatic rings. The first-order chi connectivity index (χ1) is 13.5. The van der Waals surface area contributed by atoms with E-state index in [0.717, 1.165) is 4.31 Å². The lowest BCUT2D eigenvalue weighted by Gasteiger charge is -2.15. The first-order valence-electron chi connectivity index (χ1n) is 7.95. The van der Waals surface area contributed by atoms with Gasteiger partial charge in [0.25, 0.3) is 0 Å². The second-order valence-electron chi connectivity index (χ2n) is 5.77. The summed E-state index contributed by atoms with van der Waals surface area (Å²) in [6.45, 7) is 1.69. The van der Waals surface area contributed by atoms with Crippen LogP contribution in [-0.2, 0) is 19.6 Å². The summed E-state index contributed by atoms with van der Waals surface area (Å²) in [5.41, 5.74) is 5.40. The van der Waals surface area contributed by atoms with E-state index in [0.29, 0.717) is 14.4 Å². The van der Waals surface area contributed by atoms with Crippen LogP contribution < -0.4 is 11.1 Å². The number of halogens is 1. The number of nitrogens with zero attached hydrogens (tertiary/aromatic N) is 3. The van der Waals surface area contributed by atoms with Gasteiger partial charge in [-0.15, -0.1) is 10.2 Å². The molecule has 0 fully saturated rings. The van der Waals surface area contributed by atoms with Crippen LogP contribution in [0.15, 0.2) is 31.8 Å². The molecule has 0 aliphatic rings. The van der Waals surface area contributed by atoms with Gasteiger partial charge < -0.3 is 11.1 Å². The van der Waals surface area contributed by atoms with Crippen LogP contribution >= 0.6 is 46.5 Å². The molecule has 3 N–H and O–H groups in total. The fourth-order valence-corrected chi connectivity index (χ4v) is 6.16. The summed E-state index contributed by atoms with van der Waals surface area (Å²) in [5, 5.41) is 10.1. The van der Waals surface area contributed by atoms with E-state index in [1.54, 1.807) is 6.92 Å². The Morgan fingerprint density at radius 1 is 1.31 bits per heavy atom. The van der Waals surface area contributed by atoms with Gasteiger partial charge in [0, 0.05) is 19.8 Å². The standard InChI is InChI=1S/C15H18ClN5O4S4/c1-8(27-15-20-19-14(28-15)26-7-12(17)22)13(23)18-9-4-5-10(16)11(6-9)29(24,25)21(2)3/h4-6,8H,7H2,1-3H3,(H2,17,22)(H,18,23). The fraction of sp³-hybridized carbons (Fsp3) is 0.333. The Labute approximate surface area is 185 Å². The van der Waals surface area contributed by atoms with Crippen molar-refractivity contribution in [2.75, 3.05) is 25.2 Å². The second-order valence-corrected chi connectivity index (χ2v) is 12.1. The second kappa shape index (κ2) is 10.1. The van der Waals surface area contributed by atoms with Crippen LogP contribution in [0.25, 0.3) is 0 Å². The van der Waals surface area contributed by atoms with Crippen molar-refractivity contribution in [2.24, 2.45) is 5.73 Å². The number of amides is 2. The average Bonchev–Trinajstić information content (AvgIpc) is 3.08. The molecule has 0 saturated carbocycles. The van der Waals surface area contributed by atoms with Crippen LogP contribution in [0.3, 0.4) is 0 Å². The molecule has 1 aromatic carbocycles. The number of nitrogens with one attached hydrogen (secondary N) is 1. The van der Waals surface area contributed by atoms with Crippen LogP contribution in [0.4, 0.5) is 5.69 Å². The molecule has 1 atom stereocenters. The Balaban J connectivity index is 2.05. The van der Waals surface area contributed by atoms with E-state index in [1.807, 2.05) is 0 Å². The summed E-state index contributed by atoms with van der Waals surface area (Å²) >= 11 is 9.64. The average molecular weight is 496 g/mol. The number of benzene rings is 1. The molecule has 1 unspecified atom stereocenters. The molecule has 0 aliphatic carbocycles. The van der Waals surface area contributed by atoms with Gasteiger partial charge in [-0.05, 0) is 25.1 Å². The molecule has 0 aliphatic heterocycles. The molecule has 14 heteroatoms. The van der Waals surface area contributed by atoms with Crippen molar-refractivity contribution >= 4 is 74.0 Å². The molecule has 0 bridgehead atoms. The van der Waals surface area contributed by atoms with Gasteiger partial charge in [-0.1, -0.05) is 46.5 Å². The van der Waals surface area contributed by atoms with Gasteiger partial charge in [-0.3, -0.25) is 9.59 Å². The zero-order chi connectivity index (χ0) is 21.8. The number of nitrogens with two attached hydrogens (primary N) is 1. The van der Waals surface area contributed by atoms with Crippen LogP contribution in [0.1, 0.15) is 6.92 Å². The van der Waals surface area contributed by atoms with E-state index in [-0.39, 0.29) is 21.6 Å². The third-order valence-corrected chi connectivity index (χ3v) is 8.89. The topological polar surface area (TPSA) is 135 Å². The summed E-state index contributed by atoms with van der Waals surface area (Å²) in [6.07, 6.45) is 0. The van der Waals surface area contributed by atoms with E-state index in [1.165, 1.54) is 67.2 Å². The zero-order valence-corrected chi connectivity index (χ0v) is 19.6. The van der Waals surface area contributed by atoms with Crippen molar-refractivity contribution < 1.29 is 18.0 Å². The van der Waals surface area contributed by atoms with E-state index in [9.17, 15) is 18.0 Å². The third kappa shape index (κ3) is 6.55. The summed E-state index contributed by atoms with van der Waals surface area (Å²) in [6, 6.07) is 4.25. The highest BCUT2D eigenvalue weighted by molar-refractivity contribution is 8.04. The number of rotatable bonds is 9. The maximum Gasteiger partial charge on any atom is 0.244 e. The smallest absolute Gasteiger partial charge is 0.244 e. The van der Waals surface area contributed by atoms with E-state index in [2.05, 4.69) is 15.5 Å². The summed E-state index contributed by atoms with van der Waals surface area (Å²) in [7, 11) is -0.957. The minimum atomic E-state index is -3.75. The lowest BCUT2D eigenvalue weighted by atomic mass is 10.3. The van der Waals surface area contributed by atoms with Gasteiger partial charge in [-0.2, -0.15) is 0 Å². The van der Waals surface area contributed by atoms with Gasteiger partial charge >= 0.3 is 0 Å². The molecular formula is C15H18ClN5O4S4. The van der Waals surface area contributed by atoms with Crippen molar-refractivity contribution in [1.29, 1.82) is 0 Å². The number of sulfonamides is 1. The minimum Gasteiger partial charge on any atom is -0.369 e. The molecule has 29 heavy (non-hydrogen) atoms. The number of thioether (sulfide) groups is 2. The molecule has 0 radical (unpaired) electrons. The number of carbonyl (C=O) groups excluding carboxylic acids is 2. The fourth-order valence-electron chi connectivity index (χ4n) is 1.86. The molecular weight excluding hydrogens is 478 g/mol. The Morgan fingerprint density at radius 3 is 2.59 bits per heavy atom. The Bertz CT molecular complexity index is 1010. The summed E-state index contributed by atoms with van der Waals surface area (Å²) < 4.78 is 26.9. The monoisotopic (exact) mass is 495 g/mol. The minimum absolute atomic E-state index is 0.0639. The summed E-state index contributed by atoms with van der Waals surface area (Å²) in [4.78, 5) is 23.2. The third-order valence-electron chi connectivity index (χ3n) is 3.33. The predicted octanol–water partition coefficient (Wildman–Crippen LogP) is 2.14. The highest BCUT2D eigenvalue weighted by atomic mass is 35.5. The van der Waals surface area contributed by atoms with Crippen LogP contribution in [0.2, 0.25) is 5.02 Å². The number of aromatic nitrogens is 2. The van der Waals surface area contributed by atoms with Crippen LogP contribution in [0, 0.1) is 0 Å². The predicted molar refractivity (Wildman–Crippen MR) is 116 cm³/mol. The molecule has 0 saturated heterocycles. The summed E-state index contributed by atoms with van der Waals surface area (Å²) in [5.74, 6) is -0.692. The van der Waals surface area contributed by atoms with Crippen LogP contribution in [0.5, 0.6) is 0 Å². The number of hydrogen-bond acceptors (Lipinski definition) is 9. The molecule has 158 valence electrons. The van der Waals surface area contributed by atoms with E-state index >= 15 is 0 Å². The number of carbonyl (C=O) groups is 2. The Kier molecular flexibility index (Phi) is 8.31. The normalized spacial score (nSPS) is 12.7. The van der Waals surface area contributed by atoms with Crippen molar-refractivity contribution in [3.8, 4) is 0 Å². The SMILES string of the molecule is CC(Sc1nnc(SCC(N)=O)s1)C(=O)Nc1ccc(Cl)c(S(=O)(=O)N(C)C)c1. The maximum absolute atomic E-state index is 12.5. The first-order valence-corrected chi connectivity index (χ1v) is 12.4. The number of anilines is 1. The van der Waals surface area contributed by atoms with E-state index < -0.39 is 21.2 Å². The van der Waals surface area contributed by atoms with Crippen molar-refractivity contribution in [3.63, 3.8) is 0 Å². The highest BCUT2D eigenvalue weighted by Gasteiger charge is 2.23.